The lowest BCUT2D eigenvalue weighted by atomic mass is 10.2. The summed E-state index contributed by atoms with van der Waals surface area (Å²) in [6.45, 7) is 0.598. The summed E-state index contributed by atoms with van der Waals surface area (Å²) in [5, 5.41) is 0.715. The van der Waals surface area contributed by atoms with Gasteiger partial charge in [-0.25, -0.2) is 4.98 Å². The fourth-order valence-electron chi connectivity index (χ4n) is 2.17. The first kappa shape index (κ1) is 11.5. The molecule has 1 aromatic carbocycles. The summed E-state index contributed by atoms with van der Waals surface area (Å²) in [5.41, 5.74) is 7.73. The lowest BCUT2D eigenvalue weighted by Gasteiger charge is -2.11. The van der Waals surface area contributed by atoms with E-state index in [2.05, 4.69) is 4.98 Å². The fourth-order valence-corrected chi connectivity index (χ4v) is 2.17. The lowest BCUT2D eigenvalue weighted by molar-refractivity contribution is 0.824. The molecule has 0 saturated carbocycles. The minimum absolute atomic E-state index is 0.0333. The van der Waals surface area contributed by atoms with Gasteiger partial charge in [0.05, 0.1) is 12.1 Å². The number of nitrogens with zero attached hydrogens (tertiary/aromatic N) is 2. The Kier molecular flexibility index (Phi) is 2.76. The first-order valence-electron chi connectivity index (χ1n) is 6.03. The molecule has 2 aromatic heterocycles. The number of anilines is 1. The van der Waals surface area contributed by atoms with Crippen molar-refractivity contribution in [3.63, 3.8) is 0 Å². The largest absolute Gasteiger partial charge is 0.383 e. The average molecular weight is 251 g/mol. The van der Waals surface area contributed by atoms with E-state index in [4.69, 9.17) is 5.73 Å². The number of nitrogens with two attached hydrogens (primary N) is 1. The molecule has 19 heavy (non-hydrogen) atoms. The number of benzene rings is 1. The van der Waals surface area contributed by atoms with Gasteiger partial charge in [0, 0.05) is 29.4 Å². The van der Waals surface area contributed by atoms with Crippen molar-refractivity contribution in [3.8, 4) is 0 Å². The third-order valence-electron chi connectivity index (χ3n) is 3.15. The lowest BCUT2D eigenvalue weighted by Crippen LogP contribution is -2.10. The van der Waals surface area contributed by atoms with Gasteiger partial charge in [-0.3, -0.25) is 4.79 Å². The van der Waals surface area contributed by atoms with Crippen molar-refractivity contribution in [2.24, 2.45) is 0 Å². The number of hydrogen-bond acceptors (Lipinski definition) is 3. The fraction of sp³-hybridized carbons (Fsp3) is 0.0667. The highest BCUT2D eigenvalue weighted by Gasteiger charge is 2.04. The summed E-state index contributed by atoms with van der Waals surface area (Å²) in [6.07, 6.45) is 3.46. The van der Waals surface area contributed by atoms with Gasteiger partial charge in [0.1, 0.15) is 5.82 Å². The van der Waals surface area contributed by atoms with E-state index in [1.165, 1.54) is 0 Å². The summed E-state index contributed by atoms with van der Waals surface area (Å²) < 4.78 is 2.00. The first-order chi connectivity index (χ1) is 9.25. The van der Waals surface area contributed by atoms with Crippen molar-refractivity contribution in [2.45, 2.75) is 6.54 Å². The van der Waals surface area contributed by atoms with Gasteiger partial charge in [-0.15, -0.1) is 0 Å². The number of pyridine rings is 2. The SMILES string of the molecule is Nc1ncccc1Cn1ccc(=O)c2ccccc21. The van der Waals surface area contributed by atoms with Gasteiger partial charge in [-0.2, -0.15) is 0 Å². The van der Waals surface area contributed by atoms with Gasteiger partial charge in [-0.05, 0) is 18.2 Å². The average Bonchev–Trinajstić information content (AvgIpc) is 2.44. The second-order valence-electron chi connectivity index (χ2n) is 4.37. The summed E-state index contributed by atoms with van der Waals surface area (Å²) in [4.78, 5) is 15.9. The van der Waals surface area contributed by atoms with E-state index in [0.717, 1.165) is 11.1 Å². The van der Waals surface area contributed by atoms with Crippen LogP contribution in [0.4, 0.5) is 5.82 Å². The molecule has 0 aliphatic heterocycles. The summed E-state index contributed by atoms with van der Waals surface area (Å²) in [7, 11) is 0. The van der Waals surface area contributed by atoms with Crippen molar-refractivity contribution < 1.29 is 0 Å². The minimum Gasteiger partial charge on any atom is -0.383 e. The van der Waals surface area contributed by atoms with Gasteiger partial charge in [0.25, 0.3) is 0 Å². The Bertz CT molecular complexity index is 792. The standard InChI is InChI=1S/C15H13N3O/c16-15-11(4-3-8-17-15)10-18-9-7-14(19)12-5-1-2-6-13(12)18/h1-9H,10H2,(H2,16,17). The van der Waals surface area contributed by atoms with Gasteiger partial charge >= 0.3 is 0 Å². The Morgan fingerprint density at radius 3 is 2.79 bits per heavy atom. The normalized spacial score (nSPS) is 10.7. The van der Waals surface area contributed by atoms with Gasteiger partial charge in [0.15, 0.2) is 5.43 Å². The molecule has 3 aromatic rings. The molecule has 0 aliphatic carbocycles. The van der Waals surface area contributed by atoms with Crippen LogP contribution in [0.5, 0.6) is 0 Å². The van der Waals surface area contributed by atoms with E-state index >= 15 is 0 Å². The zero-order valence-electron chi connectivity index (χ0n) is 10.3. The molecule has 0 amide bonds. The van der Waals surface area contributed by atoms with Crippen LogP contribution in [-0.4, -0.2) is 9.55 Å². The predicted molar refractivity (Wildman–Crippen MR) is 76.0 cm³/mol. The zero-order chi connectivity index (χ0) is 13.2. The summed E-state index contributed by atoms with van der Waals surface area (Å²) in [5.74, 6) is 0.519. The third-order valence-corrected chi connectivity index (χ3v) is 3.15. The molecule has 0 aliphatic rings. The van der Waals surface area contributed by atoms with Crippen LogP contribution in [0.25, 0.3) is 10.9 Å². The van der Waals surface area contributed by atoms with Crippen molar-refractivity contribution >= 4 is 16.7 Å². The Labute approximate surface area is 110 Å². The molecule has 0 atom stereocenters. The van der Waals surface area contributed by atoms with Crippen LogP contribution < -0.4 is 11.2 Å². The molecule has 2 heterocycles. The second kappa shape index (κ2) is 4.57. The number of hydrogen-bond donors (Lipinski definition) is 1. The van der Waals surface area contributed by atoms with Crippen molar-refractivity contribution in [1.82, 2.24) is 9.55 Å². The highest BCUT2D eigenvalue weighted by Crippen LogP contribution is 2.14. The molecule has 0 unspecified atom stereocenters. The molecule has 2 N–H and O–H groups in total. The van der Waals surface area contributed by atoms with E-state index in [1.54, 1.807) is 18.5 Å². The molecule has 0 spiro atoms. The van der Waals surface area contributed by atoms with Gasteiger partial charge < -0.3 is 10.3 Å². The Morgan fingerprint density at radius 2 is 1.95 bits per heavy atom. The molecule has 0 bridgehead atoms. The molecular weight excluding hydrogens is 238 g/mol. The molecule has 0 radical (unpaired) electrons. The topological polar surface area (TPSA) is 60.9 Å². The number of fused-ring (bicyclic) bond motifs is 1. The van der Waals surface area contributed by atoms with Crippen LogP contribution >= 0.6 is 0 Å². The van der Waals surface area contributed by atoms with E-state index < -0.39 is 0 Å². The Hall–Kier alpha value is -2.62. The smallest absolute Gasteiger partial charge is 0.189 e. The number of nitrogen functional groups attached to an aromatic ring is 1. The van der Waals surface area contributed by atoms with Crippen LogP contribution in [0.1, 0.15) is 5.56 Å². The summed E-state index contributed by atoms with van der Waals surface area (Å²) in [6, 6.07) is 12.9. The molecule has 0 saturated heterocycles. The van der Waals surface area contributed by atoms with Crippen LogP contribution in [0.15, 0.2) is 59.7 Å². The van der Waals surface area contributed by atoms with Crippen LogP contribution in [-0.2, 0) is 6.54 Å². The number of aromatic nitrogens is 2. The van der Waals surface area contributed by atoms with Crippen LogP contribution in [0, 0.1) is 0 Å². The second-order valence-corrected chi connectivity index (χ2v) is 4.37. The van der Waals surface area contributed by atoms with Gasteiger partial charge in [0.2, 0.25) is 0 Å². The maximum atomic E-state index is 11.8. The maximum absolute atomic E-state index is 11.8. The molecular formula is C15H13N3O. The van der Waals surface area contributed by atoms with Crippen LogP contribution in [0.2, 0.25) is 0 Å². The van der Waals surface area contributed by atoms with Crippen molar-refractivity contribution in [2.75, 3.05) is 5.73 Å². The van der Waals surface area contributed by atoms with E-state index in [0.29, 0.717) is 17.7 Å². The molecule has 4 heteroatoms. The quantitative estimate of drug-likeness (QED) is 0.758. The molecule has 94 valence electrons. The first-order valence-corrected chi connectivity index (χ1v) is 6.03. The Balaban J connectivity index is 2.14. The zero-order valence-corrected chi connectivity index (χ0v) is 10.3. The highest BCUT2D eigenvalue weighted by molar-refractivity contribution is 5.78. The van der Waals surface area contributed by atoms with Crippen molar-refractivity contribution in [1.29, 1.82) is 0 Å². The van der Waals surface area contributed by atoms with E-state index in [-0.39, 0.29) is 5.43 Å². The third kappa shape index (κ3) is 2.08. The Morgan fingerprint density at radius 1 is 1.11 bits per heavy atom. The molecule has 3 rings (SSSR count). The van der Waals surface area contributed by atoms with E-state index in [9.17, 15) is 4.79 Å². The molecule has 4 nitrogen and oxygen atoms in total. The predicted octanol–water partition coefficient (Wildman–Crippen LogP) is 2.03. The highest BCUT2D eigenvalue weighted by atomic mass is 16.1. The van der Waals surface area contributed by atoms with Crippen LogP contribution in [0.3, 0.4) is 0 Å². The summed E-state index contributed by atoms with van der Waals surface area (Å²) >= 11 is 0. The minimum atomic E-state index is 0.0333. The molecule has 0 fully saturated rings. The number of rotatable bonds is 2. The van der Waals surface area contributed by atoms with Crippen molar-refractivity contribution in [3.05, 3.63) is 70.6 Å². The van der Waals surface area contributed by atoms with E-state index in [1.807, 2.05) is 41.0 Å². The maximum Gasteiger partial charge on any atom is 0.189 e. The monoisotopic (exact) mass is 251 g/mol. The number of para-hydroxylation sites is 1. The van der Waals surface area contributed by atoms with Gasteiger partial charge in [-0.1, -0.05) is 18.2 Å².